The molecule has 0 atom stereocenters. The van der Waals surface area contributed by atoms with Gasteiger partial charge in [0.25, 0.3) is 0 Å². The Morgan fingerprint density at radius 2 is 1.45 bits per heavy atom. The summed E-state index contributed by atoms with van der Waals surface area (Å²) in [5, 5.41) is 12.7. The molecule has 0 unspecified atom stereocenters. The normalized spacial score (nSPS) is 10.4. The van der Waals surface area contributed by atoms with Crippen molar-refractivity contribution in [1.29, 1.82) is 0 Å². The number of carbonyl (C=O) groups excluding carboxylic acids is 2. The van der Waals surface area contributed by atoms with Crippen molar-refractivity contribution in [3.63, 3.8) is 0 Å². The highest BCUT2D eigenvalue weighted by Gasteiger charge is 1.99. The molecule has 1 N–H and O–H groups in total. The number of anilines is 1. The maximum Gasteiger partial charge on any atom is 0.248 e. The predicted molar refractivity (Wildman–Crippen MR) is 74.7 cm³/mol. The Balaban J connectivity index is 2.06. The third-order valence-corrected chi connectivity index (χ3v) is 2.63. The van der Waals surface area contributed by atoms with E-state index in [4.69, 9.17) is 0 Å². The van der Waals surface area contributed by atoms with Gasteiger partial charge in [-0.15, -0.1) is 0 Å². The molecule has 0 aliphatic heterocycles. The van der Waals surface area contributed by atoms with Crippen molar-refractivity contribution in [2.24, 2.45) is 0 Å². The van der Waals surface area contributed by atoms with Gasteiger partial charge in [0.1, 0.15) is 0 Å². The molecule has 2 rings (SSSR count). The van der Waals surface area contributed by atoms with Crippen molar-refractivity contribution in [3.8, 4) is 11.1 Å². The van der Waals surface area contributed by atoms with E-state index in [1.54, 1.807) is 12.1 Å². The first-order valence-electron chi connectivity index (χ1n) is 6.01. The topological polar surface area (TPSA) is 69.2 Å². The highest BCUT2D eigenvalue weighted by atomic mass is 16.4. The zero-order valence-corrected chi connectivity index (χ0v) is 10.6. The van der Waals surface area contributed by atoms with Crippen molar-refractivity contribution < 1.29 is 14.7 Å². The lowest BCUT2D eigenvalue weighted by Gasteiger charge is -2.05. The van der Waals surface area contributed by atoms with Gasteiger partial charge in [0.15, 0.2) is 0 Å². The van der Waals surface area contributed by atoms with Crippen LogP contribution in [0.15, 0.2) is 66.7 Å². The second kappa shape index (κ2) is 6.33. The summed E-state index contributed by atoms with van der Waals surface area (Å²) in [6.07, 6.45) is 1.61. The number of hydrogen-bond donors (Lipinski definition) is 1. The maximum absolute atomic E-state index is 11.4. The Hall–Kier alpha value is -2.88. The van der Waals surface area contributed by atoms with Crippen LogP contribution in [-0.4, -0.2) is 11.9 Å². The highest BCUT2D eigenvalue weighted by molar-refractivity contribution is 6.02. The molecule has 0 fully saturated rings. The highest BCUT2D eigenvalue weighted by Crippen LogP contribution is 2.20. The van der Waals surface area contributed by atoms with Crippen LogP contribution >= 0.6 is 0 Å². The molecule has 0 radical (unpaired) electrons. The first-order chi connectivity index (χ1) is 9.65. The number of hydrogen-bond acceptors (Lipinski definition) is 3. The lowest BCUT2D eigenvalue weighted by molar-refractivity contribution is -0.297. The molecule has 0 aliphatic rings. The summed E-state index contributed by atoms with van der Waals surface area (Å²) in [5.74, 6) is -1.92. The summed E-state index contributed by atoms with van der Waals surface area (Å²) < 4.78 is 0. The lowest BCUT2D eigenvalue weighted by Crippen LogP contribution is -2.20. The summed E-state index contributed by atoms with van der Waals surface area (Å²) in [6.45, 7) is 0. The Morgan fingerprint density at radius 1 is 0.850 bits per heavy atom. The van der Waals surface area contributed by atoms with Crippen LogP contribution < -0.4 is 10.4 Å². The Morgan fingerprint density at radius 3 is 2.05 bits per heavy atom. The number of carboxylic acid groups (broad SMARTS) is 1. The fourth-order valence-electron chi connectivity index (χ4n) is 1.70. The molecule has 1 amide bonds. The number of carboxylic acids is 1. The van der Waals surface area contributed by atoms with E-state index in [2.05, 4.69) is 5.32 Å². The van der Waals surface area contributed by atoms with Crippen molar-refractivity contribution >= 4 is 17.6 Å². The average molecular weight is 266 g/mol. The quantitative estimate of drug-likeness (QED) is 0.854. The molecule has 20 heavy (non-hydrogen) atoms. The Bertz CT molecular complexity index is 631. The number of aliphatic carboxylic acids is 1. The van der Waals surface area contributed by atoms with Gasteiger partial charge in [0, 0.05) is 11.8 Å². The molecule has 0 aliphatic carbocycles. The molecule has 100 valence electrons. The zero-order chi connectivity index (χ0) is 14.4. The van der Waals surface area contributed by atoms with Crippen LogP contribution in [0, 0.1) is 0 Å². The fourth-order valence-corrected chi connectivity index (χ4v) is 1.70. The number of carbonyl (C=O) groups is 2. The minimum absolute atomic E-state index is 0.512. The van der Waals surface area contributed by atoms with Crippen LogP contribution in [0.25, 0.3) is 11.1 Å². The predicted octanol–water partition coefficient (Wildman–Crippen LogP) is 1.60. The van der Waals surface area contributed by atoms with E-state index in [1.807, 2.05) is 42.5 Å². The minimum Gasteiger partial charge on any atom is -0.545 e. The summed E-state index contributed by atoms with van der Waals surface area (Å²) >= 11 is 0. The third kappa shape index (κ3) is 3.81. The second-order valence-corrected chi connectivity index (χ2v) is 4.08. The first-order valence-corrected chi connectivity index (χ1v) is 6.01. The molecular formula is C16H12NO3-. The van der Waals surface area contributed by atoms with Crippen LogP contribution in [-0.2, 0) is 9.59 Å². The van der Waals surface area contributed by atoms with Gasteiger partial charge in [0.2, 0.25) is 5.91 Å². The van der Waals surface area contributed by atoms with E-state index in [0.717, 1.165) is 17.2 Å². The number of nitrogens with one attached hydrogen (secondary N) is 1. The molecule has 0 saturated carbocycles. The van der Waals surface area contributed by atoms with Crippen LogP contribution in [0.2, 0.25) is 0 Å². The van der Waals surface area contributed by atoms with E-state index in [-0.39, 0.29) is 0 Å². The Labute approximate surface area is 116 Å². The third-order valence-electron chi connectivity index (χ3n) is 2.63. The molecule has 2 aromatic carbocycles. The average Bonchev–Trinajstić information content (AvgIpc) is 2.47. The van der Waals surface area contributed by atoms with E-state index >= 15 is 0 Å². The SMILES string of the molecule is O=C([O-])/C=C/C(=O)Nc1ccc(-c2ccccc2)cc1. The monoisotopic (exact) mass is 266 g/mol. The van der Waals surface area contributed by atoms with E-state index in [0.29, 0.717) is 11.8 Å². The van der Waals surface area contributed by atoms with Crippen LogP contribution in [0.1, 0.15) is 0 Å². The van der Waals surface area contributed by atoms with Gasteiger partial charge in [-0.1, -0.05) is 42.5 Å². The molecule has 0 aromatic heterocycles. The lowest BCUT2D eigenvalue weighted by atomic mass is 10.1. The summed E-state index contributed by atoms with van der Waals surface area (Å²) in [5.41, 5.74) is 2.72. The molecule has 2 aromatic rings. The van der Waals surface area contributed by atoms with Gasteiger partial charge >= 0.3 is 0 Å². The number of benzene rings is 2. The summed E-state index contributed by atoms with van der Waals surface area (Å²) in [4.78, 5) is 21.6. The number of amides is 1. The van der Waals surface area contributed by atoms with Crippen molar-refractivity contribution in [2.45, 2.75) is 0 Å². The van der Waals surface area contributed by atoms with Crippen LogP contribution in [0.4, 0.5) is 5.69 Å². The second-order valence-electron chi connectivity index (χ2n) is 4.08. The van der Waals surface area contributed by atoms with Gasteiger partial charge < -0.3 is 15.2 Å². The van der Waals surface area contributed by atoms with Gasteiger partial charge in [-0.2, -0.15) is 0 Å². The van der Waals surface area contributed by atoms with Crippen molar-refractivity contribution in [3.05, 3.63) is 66.7 Å². The van der Waals surface area contributed by atoms with Gasteiger partial charge in [-0.05, 0) is 29.3 Å². The van der Waals surface area contributed by atoms with Crippen molar-refractivity contribution in [1.82, 2.24) is 0 Å². The molecule has 0 spiro atoms. The van der Waals surface area contributed by atoms with Crippen LogP contribution in [0.3, 0.4) is 0 Å². The van der Waals surface area contributed by atoms with Gasteiger partial charge in [0.05, 0.1) is 5.97 Å². The zero-order valence-electron chi connectivity index (χ0n) is 10.6. The summed E-state index contributed by atoms with van der Waals surface area (Å²) in [6, 6.07) is 17.1. The first kappa shape index (κ1) is 13.5. The minimum atomic E-state index is -1.40. The van der Waals surface area contributed by atoms with Gasteiger partial charge in [-0.3, -0.25) is 4.79 Å². The standard InChI is InChI=1S/C16H13NO3/c18-15(10-11-16(19)20)17-14-8-6-13(7-9-14)12-4-2-1-3-5-12/h1-11H,(H,17,18)(H,19,20)/p-1/b11-10+. The van der Waals surface area contributed by atoms with Crippen molar-refractivity contribution in [2.75, 3.05) is 5.32 Å². The van der Waals surface area contributed by atoms with E-state index in [9.17, 15) is 14.7 Å². The largest absolute Gasteiger partial charge is 0.545 e. The molecule has 0 heterocycles. The molecular weight excluding hydrogens is 254 g/mol. The summed E-state index contributed by atoms with van der Waals surface area (Å²) in [7, 11) is 0. The van der Waals surface area contributed by atoms with Gasteiger partial charge in [-0.25, -0.2) is 0 Å². The fraction of sp³-hybridized carbons (Fsp3) is 0. The maximum atomic E-state index is 11.4. The molecule has 0 saturated heterocycles. The Kier molecular flexibility index (Phi) is 4.29. The van der Waals surface area contributed by atoms with Crippen LogP contribution in [0.5, 0.6) is 0 Å². The molecule has 4 nitrogen and oxygen atoms in total. The number of rotatable bonds is 4. The van der Waals surface area contributed by atoms with E-state index < -0.39 is 11.9 Å². The molecule has 4 heteroatoms. The smallest absolute Gasteiger partial charge is 0.248 e. The van der Waals surface area contributed by atoms with E-state index in [1.165, 1.54) is 0 Å². The molecule has 0 bridgehead atoms.